The number of carbonyl (C=O) groups excluding carboxylic acids is 1. The zero-order valence-corrected chi connectivity index (χ0v) is 12.5. The Kier molecular flexibility index (Phi) is 6.22. The minimum atomic E-state index is -3.52. The third kappa shape index (κ3) is 4.43. The minimum absolute atomic E-state index is 0.302. The molecule has 0 bridgehead atoms. The second kappa shape index (κ2) is 7.21. The Morgan fingerprint density at radius 2 is 2.11 bits per heavy atom. The molecule has 0 amide bonds. The van der Waals surface area contributed by atoms with Crippen LogP contribution in [0.4, 0.5) is 0 Å². The van der Waals surface area contributed by atoms with E-state index >= 15 is 0 Å². The summed E-state index contributed by atoms with van der Waals surface area (Å²) in [7, 11) is -2.24. The molecule has 112 valence electrons. The first-order valence-electron chi connectivity index (χ1n) is 6.59. The van der Waals surface area contributed by atoms with Crippen molar-refractivity contribution in [2.45, 2.75) is 44.4 Å². The van der Waals surface area contributed by atoms with Crippen LogP contribution in [0.1, 0.15) is 33.1 Å². The summed E-state index contributed by atoms with van der Waals surface area (Å²) < 4.78 is 37.0. The zero-order valence-electron chi connectivity index (χ0n) is 11.7. The van der Waals surface area contributed by atoms with E-state index in [9.17, 15) is 13.2 Å². The lowest BCUT2D eigenvalue weighted by molar-refractivity contribution is -0.145. The predicted molar refractivity (Wildman–Crippen MR) is 71.2 cm³/mol. The Hall–Kier alpha value is -0.660. The van der Waals surface area contributed by atoms with Crippen LogP contribution < -0.4 is 4.72 Å². The number of ether oxygens (including phenoxy) is 2. The molecule has 1 aliphatic rings. The summed E-state index contributed by atoms with van der Waals surface area (Å²) in [4.78, 5) is 11.6. The number of esters is 1. The Morgan fingerprint density at radius 3 is 2.68 bits per heavy atom. The van der Waals surface area contributed by atoms with Crippen LogP contribution in [0, 0.1) is 5.92 Å². The van der Waals surface area contributed by atoms with Gasteiger partial charge in [-0.3, -0.25) is 4.79 Å². The standard InChI is InChI=1S/C12H23NO5S/c1-4-18-8-9(2)13-19(15,16)11-7-5-6-10(11)12(14)17-3/h9-11,13H,4-8H2,1-3H3. The third-order valence-corrected chi connectivity index (χ3v) is 5.38. The van der Waals surface area contributed by atoms with Gasteiger partial charge in [0.1, 0.15) is 0 Å². The number of sulfonamides is 1. The van der Waals surface area contributed by atoms with Crippen molar-refractivity contribution in [1.29, 1.82) is 0 Å². The fraction of sp³-hybridized carbons (Fsp3) is 0.917. The van der Waals surface area contributed by atoms with Crippen molar-refractivity contribution in [3.8, 4) is 0 Å². The highest BCUT2D eigenvalue weighted by molar-refractivity contribution is 7.90. The van der Waals surface area contributed by atoms with Crippen LogP contribution in [0.25, 0.3) is 0 Å². The van der Waals surface area contributed by atoms with Crippen LogP contribution >= 0.6 is 0 Å². The molecule has 1 aliphatic carbocycles. The summed E-state index contributed by atoms with van der Waals surface area (Å²) in [5.41, 5.74) is 0. The maximum absolute atomic E-state index is 12.3. The zero-order chi connectivity index (χ0) is 14.5. The Morgan fingerprint density at radius 1 is 1.42 bits per heavy atom. The molecule has 1 rings (SSSR count). The molecule has 0 heterocycles. The molecule has 6 nitrogen and oxygen atoms in total. The predicted octanol–water partition coefficient (Wildman–Crippen LogP) is 0.673. The molecular weight excluding hydrogens is 270 g/mol. The molecule has 1 N–H and O–H groups in total. The van der Waals surface area contributed by atoms with Crippen LogP contribution in [-0.4, -0.2) is 46.0 Å². The number of hydrogen-bond donors (Lipinski definition) is 1. The lowest BCUT2D eigenvalue weighted by Crippen LogP contribution is -2.44. The van der Waals surface area contributed by atoms with Crippen molar-refractivity contribution in [1.82, 2.24) is 4.72 Å². The van der Waals surface area contributed by atoms with E-state index in [1.54, 1.807) is 6.92 Å². The molecule has 3 unspecified atom stereocenters. The van der Waals surface area contributed by atoms with Crippen molar-refractivity contribution in [2.75, 3.05) is 20.3 Å². The molecule has 19 heavy (non-hydrogen) atoms. The van der Waals surface area contributed by atoms with Crippen molar-refractivity contribution in [3.63, 3.8) is 0 Å². The summed E-state index contributed by atoms with van der Waals surface area (Å²) >= 11 is 0. The van der Waals surface area contributed by atoms with E-state index in [1.165, 1.54) is 7.11 Å². The molecule has 0 aromatic rings. The second-order valence-corrected chi connectivity index (χ2v) is 6.75. The lowest BCUT2D eigenvalue weighted by Gasteiger charge is -2.21. The van der Waals surface area contributed by atoms with Gasteiger partial charge in [0.15, 0.2) is 0 Å². The van der Waals surface area contributed by atoms with Crippen LogP contribution in [0.15, 0.2) is 0 Å². The average molecular weight is 293 g/mol. The van der Waals surface area contributed by atoms with Crippen LogP contribution in [-0.2, 0) is 24.3 Å². The summed E-state index contributed by atoms with van der Waals surface area (Å²) in [6.45, 7) is 4.46. The second-order valence-electron chi connectivity index (χ2n) is 4.82. The third-order valence-electron chi connectivity index (χ3n) is 3.29. The molecule has 0 spiro atoms. The van der Waals surface area contributed by atoms with E-state index in [4.69, 9.17) is 4.74 Å². The van der Waals surface area contributed by atoms with Gasteiger partial charge in [0.05, 0.1) is 24.9 Å². The maximum Gasteiger partial charge on any atom is 0.310 e. The van der Waals surface area contributed by atoms with Gasteiger partial charge in [0, 0.05) is 12.6 Å². The van der Waals surface area contributed by atoms with Crippen molar-refractivity contribution in [3.05, 3.63) is 0 Å². The van der Waals surface area contributed by atoms with Gasteiger partial charge in [-0.2, -0.15) is 0 Å². The van der Waals surface area contributed by atoms with Crippen molar-refractivity contribution < 1.29 is 22.7 Å². The van der Waals surface area contributed by atoms with Crippen LogP contribution in [0.2, 0.25) is 0 Å². The molecule has 1 fully saturated rings. The van der Waals surface area contributed by atoms with Crippen molar-refractivity contribution >= 4 is 16.0 Å². The average Bonchev–Trinajstić information content (AvgIpc) is 2.84. The van der Waals surface area contributed by atoms with Crippen LogP contribution in [0.3, 0.4) is 0 Å². The van der Waals surface area contributed by atoms with Gasteiger partial charge < -0.3 is 9.47 Å². The van der Waals surface area contributed by atoms with Gasteiger partial charge >= 0.3 is 5.97 Å². The highest BCUT2D eigenvalue weighted by Crippen LogP contribution is 2.31. The first-order chi connectivity index (χ1) is 8.92. The van der Waals surface area contributed by atoms with Gasteiger partial charge in [-0.1, -0.05) is 6.42 Å². The monoisotopic (exact) mass is 293 g/mol. The molecular formula is C12H23NO5S. The molecule has 0 aromatic heterocycles. The van der Waals surface area contributed by atoms with E-state index < -0.39 is 27.2 Å². The summed E-state index contributed by atoms with van der Waals surface area (Å²) in [5, 5.41) is -0.691. The normalized spacial score (nSPS) is 25.2. The summed E-state index contributed by atoms with van der Waals surface area (Å²) in [5.74, 6) is -0.993. The van der Waals surface area contributed by atoms with E-state index in [1.807, 2.05) is 6.92 Å². The maximum atomic E-state index is 12.3. The Labute approximate surface area is 114 Å². The Balaban J connectivity index is 2.68. The topological polar surface area (TPSA) is 81.7 Å². The molecule has 0 aromatic carbocycles. The molecule has 1 saturated carbocycles. The summed E-state index contributed by atoms with van der Waals surface area (Å²) in [6, 6.07) is -0.302. The SMILES string of the molecule is CCOCC(C)NS(=O)(=O)C1CCCC1C(=O)OC. The summed E-state index contributed by atoms with van der Waals surface area (Å²) in [6.07, 6.45) is 1.79. The van der Waals surface area contributed by atoms with Gasteiger partial charge in [-0.15, -0.1) is 0 Å². The van der Waals surface area contributed by atoms with Gasteiger partial charge in [0.25, 0.3) is 0 Å². The molecule has 7 heteroatoms. The largest absolute Gasteiger partial charge is 0.469 e. The first kappa shape index (κ1) is 16.4. The number of nitrogens with one attached hydrogen (secondary N) is 1. The van der Waals surface area contributed by atoms with Gasteiger partial charge in [0.2, 0.25) is 10.0 Å². The smallest absolute Gasteiger partial charge is 0.310 e. The van der Waals surface area contributed by atoms with E-state index in [0.717, 1.165) is 6.42 Å². The lowest BCUT2D eigenvalue weighted by atomic mass is 10.1. The van der Waals surface area contributed by atoms with Crippen molar-refractivity contribution in [2.24, 2.45) is 5.92 Å². The van der Waals surface area contributed by atoms with Gasteiger partial charge in [-0.25, -0.2) is 13.1 Å². The molecule has 0 saturated heterocycles. The highest BCUT2D eigenvalue weighted by Gasteiger charge is 2.42. The van der Waals surface area contributed by atoms with E-state index in [2.05, 4.69) is 9.46 Å². The number of methoxy groups -OCH3 is 1. The molecule has 0 radical (unpaired) electrons. The number of carbonyl (C=O) groups is 1. The van der Waals surface area contributed by atoms with Gasteiger partial charge in [-0.05, 0) is 26.7 Å². The highest BCUT2D eigenvalue weighted by atomic mass is 32.2. The van der Waals surface area contributed by atoms with E-state index in [-0.39, 0.29) is 6.04 Å². The molecule has 3 atom stereocenters. The first-order valence-corrected chi connectivity index (χ1v) is 8.13. The Bertz CT molecular complexity index is 395. The fourth-order valence-corrected chi connectivity index (χ4v) is 4.38. The number of hydrogen-bond acceptors (Lipinski definition) is 5. The minimum Gasteiger partial charge on any atom is -0.469 e. The van der Waals surface area contributed by atoms with Crippen LogP contribution in [0.5, 0.6) is 0 Å². The molecule has 0 aliphatic heterocycles. The quantitative estimate of drug-likeness (QED) is 0.698. The fourth-order valence-electron chi connectivity index (χ4n) is 2.41. The number of rotatable bonds is 7. The van der Waals surface area contributed by atoms with E-state index in [0.29, 0.717) is 26.1 Å².